The highest BCUT2D eigenvalue weighted by Crippen LogP contribution is 2.35. The average molecular weight is 335 g/mol. The number of aromatic nitrogens is 1. The molecule has 1 aliphatic rings. The van der Waals surface area contributed by atoms with E-state index in [1.165, 1.54) is 0 Å². The van der Waals surface area contributed by atoms with Gasteiger partial charge in [-0.25, -0.2) is 4.79 Å². The van der Waals surface area contributed by atoms with Crippen LogP contribution >= 0.6 is 11.6 Å². The van der Waals surface area contributed by atoms with E-state index in [-0.39, 0.29) is 6.03 Å². The second-order valence-electron chi connectivity index (χ2n) is 6.01. The van der Waals surface area contributed by atoms with Crippen LogP contribution in [0.2, 0.25) is 5.02 Å². The number of rotatable bonds is 5. The summed E-state index contributed by atoms with van der Waals surface area (Å²) in [5.41, 5.74) is 0.243. The molecule has 1 N–H and O–H groups in total. The Morgan fingerprint density at radius 3 is 2.78 bits per heavy atom. The number of pyridine rings is 1. The van der Waals surface area contributed by atoms with Crippen molar-refractivity contribution < 1.29 is 4.79 Å². The first-order valence-electron chi connectivity index (χ1n) is 8.16. The van der Waals surface area contributed by atoms with Gasteiger partial charge < -0.3 is 10.2 Å². The fourth-order valence-corrected chi connectivity index (χ4v) is 3.09. The number of urea groups is 1. The molecule has 0 unspecified atom stereocenters. The van der Waals surface area contributed by atoms with Gasteiger partial charge >= 0.3 is 6.03 Å². The summed E-state index contributed by atoms with van der Waals surface area (Å²) in [7, 11) is 0. The largest absolute Gasteiger partial charge is 0.338 e. The molecule has 1 fully saturated rings. The molecular weight excluding hydrogens is 312 g/mol. The lowest BCUT2D eigenvalue weighted by atomic mass is 9.74. The molecule has 6 heteroatoms. The maximum absolute atomic E-state index is 12.1. The molecule has 0 aromatic carbocycles. The summed E-state index contributed by atoms with van der Waals surface area (Å²) in [6.45, 7) is 3.99. The van der Waals surface area contributed by atoms with Gasteiger partial charge in [-0.1, -0.05) is 31.4 Å². The molecule has 1 saturated heterocycles. The fraction of sp³-hybridized carbons (Fsp3) is 0.588. The summed E-state index contributed by atoms with van der Waals surface area (Å²) in [4.78, 5) is 18.0. The number of carbonyl (C=O) groups excluding carboxylic acids is 1. The SMILES string of the molecule is CCCCCNC(=O)N1CCC(C#N)(c2cncc(Cl)c2)CC1. The minimum absolute atomic E-state index is 0.0307. The number of halogens is 1. The van der Waals surface area contributed by atoms with Crippen LogP contribution in [0.1, 0.15) is 44.6 Å². The van der Waals surface area contributed by atoms with Gasteiger partial charge in [-0.3, -0.25) is 4.98 Å². The normalized spacial score (nSPS) is 16.7. The van der Waals surface area contributed by atoms with Crippen molar-refractivity contribution in [3.05, 3.63) is 29.0 Å². The van der Waals surface area contributed by atoms with Crippen molar-refractivity contribution in [2.24, 2.45) is 0 Å². The number of unbranched alkanes of at least 4 members (excludes halogenated alkanes) is 2. The van der Waals surface area contributed by atoms with Crippen molar-refractivity contribution in [2.75, 3.05) is 19.6 Å². The second-order valence-corrected chi connectivity index (χ2v) is 6.45. The van der Waals surface area contributed by atoms with E-state index in [9.17, 15) is 10.1 Å². The Labute approximate surface area is 142 Å². The summed E-state index contributed by atoms with van der Waals surface area (Å²) in [5.74, 6) is 0. The molecular formula is C17H23ClN4O. The molecule has 2 rings (SSSR count). The molecule has 2 amide bonds. The summed E-state index contributed by atoms with van der Waals surface area (Å²) in [5, 5.41) is 13.2. The molecule has 0 radical (unpaired) electrons. The first-order chi connectivity index (χ1) is 11.1. The topological polar surface area (TPSA) is 69.0 Å². The molecule has 0 aliphatic carbocycles. The van der Waals surface area contributed by atoms with Gasteiger partial charge in [0.2, 0.25) is 0 Å². The molecule has 0 saturated carbocycles. The predicted molar refractivity (Wildman–Crippen MR) is 90.3 cm³/mol. The summed E-state index contributed by atoms with van der Waals surface area (Å²) < 4.78 is 0. The number of carbonyl (C=O) groups is 1. The molecule has 2 heterocycles. The molecule has 23 heavy (non-hydrogen) atoms. The Morgan fingerprint density at radius 1 is 1.43 bits per heavy atom. The van der Waals surface area contributed by atoms with E-state index in [2.05, 4.69) is 23.3 Å². The molecule has 124 valence electrons. The number of nitriles is 1. The third-order valence-corrected chi connectivity index (χ3v) is 4.64. The summed E-state index contributed by atoms with van der Waals surface area (Å²) in [6.07, 6.45) is 7.75. The minimum atomic E-state index is -0.600. The lowest BCUT2D eigenvalue weighted by Gasteiger charge is -2.37. The zero-order valence-electron chi connectivity index (χ0n) is 13.5. The molecule has 1 aromatic heterocycles. The predicted octanol–water partition coefficient (Wildman–Crippen LogP) is 3.49. The van der Waals surface area contributed by atoms with Crippen LogP contribution in [0.15, 0.2) is 18.5 Å². The van der Waals surface area contributed by atoms with Gasteiger partial charge in [-0.2, -0.15) is 5.26 Å². The van der Waals surface area contributed by atoms with Gasteiger partial charge in [-0.05, 0) is 30.9 Å². The third-order valence-electron chi connectivity index (χ3n) is 4.43. The van der Waals surface area contributed by atoms with Gasteiger partial charge in [0.1, 0.15) is 0 Å². The van der Waals surface area contributed by atoms with Crippen LogP contribution in [0.5, 0.6) is 0 Å². The van der Waals surface area contributed by atoms with Gasteiger partial charge in [0.15, 0.2) is 0 Å². The second kappa shape index (κ2) is 8.16. The van der Waals surface area contributed by atoms with Crippen molar-refractivity contribution in [1.82, 2.24) is 15.2 Å². The van der Waals surface area contributed by atoms with E-state index < -0.39 is 5.41 Å². The van der Waals surface area contributed by atoms with Crippen molar-refractivity contribution in [2.45, 2.75) is 44.4 Å². The Hall–Kier alpha value is -1.80. The number of nitrogens with one attached hydrogen (secondary N) is 1. The monoisotopic (exact) mass is 334 g/mol. The maximum atomic E-state index is 12.1. The average Bonchev–Trinajstić information content (AvgIpc) is 2.58. The maximum Gasteiger partial charge on any atom is 0.317 e. The number of hydrogen-bond acceptors (Lipinski definition) is 3. The van der Waals surface area contributed by atoms with Crippen LogP contribution < -0.4 is 5.32 Å². The highest BCUT2D eigenvalue weighted by Gasteiger charge is 2.38. The lowest BCUT2D eigenvalue weighted by molar-refractivity contribution is 0.171. The molecule has 0 spiro atoms. The smallest absolute Gasteiger partial charge is 0.317 e. The van der Waals surface area contributed by atoms with Crippen molar-refractivity contribution in [3.8, 4) is 6.07 Å². The summed E-state index contributed by atoms with van der Waals surface area (Å²) in [6, 6.07) is 4.20. The first kappa shape index (κ1) is 17.6. The molecule has 0 bridgehead atoms. The molecule has 5 nitrogen and oxygen atoms in total. The minimum Gasteiger partial charge on any atom is -0.338 e. The Morgan fingerprint density at radius 2 is 2.17 bits per heavy atom. The van der Waals surface area contributed by atoms with Gasteiger partial charge in [0, 0.05) is 32.0 Å². The number of piperidine rings is 1. The molecule has 1 aromatic rings. The lowest BCUT2D eigenvalue weighted by Crippen LogP contribution is -2.48. The fourth-order valence-electron chi connectivity index (χ4n) is 2.91. The third kappa shape index (κ3) is 4.35. The highest BCUT2D eigenvalue weighted by atomic mass is 35.5. The van der Waals surface area contributed by atoms with Gasteiger partial charge in [-0.15, -0.1) is 0 Å². The van der Waals surface area contributed by atoms with Crippen LogP contribution in [0.4, 0.5) is 4.79 Å². The quantitative estimate of drug-likeness (QED) is 0.838. The number of likely N-dealkylation sites (tertiary alicyclic amines) is 1. The molecule has 1 aliphatic heterocycles. The van der Waals surface area contributed by atoms with Gasteiger partial charge in [0.05, 0.1) is 16.5 Å². The van der Waals surface area contributed by atoms with E-state index in [1.54, 1.807) is 23.4 Å². The number of nitrogens with zero attached hydrogens (tertiary/aromatic N) is 3. The van der Waals surface area contributed by atoms with Crippen LogP contribution in [0, 0.1) is 11.3 Å². The molecule has 0 atom stereocenters. The van der Waals surface area contributed by atoms with E-state index in [4.69, 9.17) is 11.6 Å². The Bertz CT molecular complexity index is 576. The summed E-state index contributed by atoms with van der Waals surface area (Å²) >= 11 is 6.00. The highest BCUT2D eigenvalue weighted by molar-refractivity contribution is 6.30. The van der Waals surface area contributed by atoms with Crippen molar-refractivity contribution in [1.29, 1.82) is 5.26 Å². The standard InChI is InChI=1S/C17H23ClN4O/c1-2-3-4-7-21-16(23)22-8-5-17(13-19,6-9-22)14-10-15(18)12-20-11-14/h10-12H,2-9H2,1H3,(H,21,23). The van der Waals surface area contributed by atoms with Crippen molar-refractivity contribution in [3.63, 3.8) is 0 Å². The van der Waals surface area contributed by atoms with Crippen LogP contribution in [0.25, 0.3) is 0 Å². The number of hydrogen-bond donors (Lipinski definition) is 1. The van der Waals surface area contributed by atoms with Gasteiger partial charge in [0.25, 0.3) is 0 Å². The zero-order chi connectivity index (χ0) is 16.7. The van der Waals surface area contributed by atoms with E-state index in [1.807, 2.05) is 0 Å². The van der Waals surface area contributed by atoms with E-state index >= 15 is 0 Å². The Balaban J connectivity index is 1.93. The first-order valence-corrected chi connectivity index (χ1v) is 8.54. The van der Waals surface area contributed by atoms with Crippen LogP contribution in [-0.4, -0.2) is 35.5 Å². The van der Waals surface area contributed by atoms with E-state index in [0.29, 0.717) is 37.5 Å². The number of amides is 2. The zero-order valence-corrected chi connectivity index (χ0v) is 14.3. The van der Waals surface area contributed by atoms with Crippen molar-refractivity contribution >= 4 is 17.6 Å². The van der Waals surface area contributed by atoms with E-state index in [0.717, 1.165) is 24.8 Å². The Kier molecular flexibility index (Phi) is 6.23. The van der Waals surface area contributed by atoms with Crippen LogP contribution in [-0.2, 0) is 5.41 Å². The van der Waals surface area contributed by atoms with Crippen LogP contribution in [0.3, 0.4) is 0 Å².